The van der Waals surface area contributed by atoms with Crippen molar-refractivity contribution >= 4 is 0 Å². The van der Waals surface area contributed by atoms with Crippen molar-refractivity contribution in [2.24, 2.45) is 28.6 Å². The predicted molar refractivity (Wildman–Crippen MR) is 92.9 cm³/mol. The van der Waals surface area contributed by atoms with E-state index in [2.05, 4.69) is 26.0 Å². The molecule has 0 radical (unpaired) electrons. The third-order valence-corrected chi connectivity index (χ3v) is 8.26. The topological polar surface area (TPSA) is 40.5 Å². The predicted octanol–water partition coefficient (Wildman–Crippen LogP) is 4.23. The number of hydrogen-bond acceptors (Lipinski definition) is 2. The van der Waals surface area contributed by atoms with Gasteiger partial charge in [-0.1, -0.05) is 37.1 Å². The molecule has 2 N–H and O–H groups in total. The number of fused-ring (bicyclic) bond motifs is 5. The van der Waals surface area contributed by atoms with Crippen molar-refractivity contribution in [2.75, 3.05) is 6.61 Å². The second-order valence-corrected chi connectivity index (χ2v) is 9.06. The number of hydrogen-bond donors (Lipinski definition) is 2. The molecule has 2 heteroatoms. The van der Waals surface area contributed by atoms with E-state index in [1.54, 1.807) is 5.57 Å². The van der Waals surface area contributed by atoms with Gasteiger partial charge in [0.15, 0.2) is 0 Å². The van der Waals surface area contributed by atoms with E-state index in [1.807, 2.05) is 0 Å². The molecule has 2 nitrogen and oxygen atoms in total. The summed E-state index contributed by atoms with van der Waals surface area (Å²) in [5.74, 6) is 2.41. The first-order valence-corrected chi connectivity index (χ1v) is 9.67. The van der Waals surface area contributed by atoms with Gasteiger partial charge in [-0.3, -0.25) is 0 Å². The summed E-state index contributed by atoms with van der Waals surface area (Å²) in [4.78, 5) is 0. The van der Waals surface area contributed by atoms with Gasteiger partial charge in [-0.2, -0.15) is 0 Å². The van der Waals surface area contributed by atoms with Gasteiger partial charge < -0.3 is 10.2 Å². The summed E-state index contributed by atoms with van der Waals surface area (Å²) in [5, 5.41) is 19.4. The molecule has 23 heavy (non-hydrogen) atoms. The lowest BCUT2D eigenvalue weighted by Crippen LogP contribution is -2.49. The van der Waals surface area contributed by atoms with Crippen LogP contribution in [-0.2, 0) is 0 Å². The van der Waals surface area contributed by atoms with Crippen molar-refractivity contribution in [3.8, 4) is 0 Å². The molecule has 3 saturated carbocycles. The smallest absolute Gasteiger partial charge is 0.0615 e. The van der Waals surface area contributed by atoms with Crippen LogP contribution in [0.25, 0.3) is 0 Å². The van der Waals surface area contributed by atoms with Crippen LogP contribution in [0.5, 0.6) is 0 Å². The van der Waals surface area contributed by atoms with Crippen LogP contribution in [0.1, 0.15) is 65.2 Å². The standard InChI is InChI=1S/C21H32O2/c1-20-11-8-19-17(18(20)6-4-14(20)9-12-22)5-3-15-13-16(23)7-10-21(15,19)2/h3,9,16-19,22-23H,4-8,10-13H2,1-2H3/t16?,17-,18-,19-,20+,21-/m0/s1. The van der Waals surface area contributed by atoms with Crippen LogP contribution >= 0.6 is 0 Å². The summed E-state index contributed by atoms with van der Waals surface area (Å²) >= 11 is 0. The molecule has 0 saturated heterocycles. The largest absolute Gasteiger partial charge is 0.393 e. The minimum absolute atomic E-state index is 0.106. The van der Waals surface area contributed by atoms with E-state index in [0.717, 1.165) is 30.6 Å². The Morgan fingerprint density at radius 3 is 2.65 bits per heavy atom. The lowest BCUT2D eigenvalue weighted by molar-refractivity contribution is -0.0269. The van der Waals surface area contributed by atoms with Crippen LogP contribution in [0.4, 0.5) is 0 Å². The van der Waals surface area contributed by atoms with Crippen molar-refractivity contribution in [3.63, 3.8) is 0 Å². The maximum Gasteiger partial charge on any atom is 0.0615 e. The highest BCUT2D eigenvalue weighted by Crippen LogP contribution is 2.66. The average Bonchev–Trinajstić information content (AvgIpc) is 2.85. The van der Waals surface area contributed by atoms with Crippen molar-refractivity contribution in [2.45, 2.75) is 71.3 Å². The lowest BCUT2D eigenvalue weighted by atomic mass is 9.48. The Bertz CT molecular complexity index is 548. The van der Waals surface area contributed by atoms with Gasteiger partial charge in [-0.05, 0) is 80.0 Å². The molecule has 4 aliphatic rings. The maximum absolute atomic E-state index is 10.1. The van der Waals surface area contributed by atoms with Crippen LogP contribution < -0.4 is 0 Å². The molecule has 0 aromatic carbocycles. The van der Waals surface area contributed by atoms with Crippen LogP contribution in [0, 0.1) is 28.6 Å². The van der Waals surface area contributed by atoms with Gasteiger partial charge in [0, 0.05) is 0 Å². The van der Waals surface area contributed by atoms with E-state index in [0.29, 0.717) is 10.8 Å². The SMILES string of the molecule is C[C@]12CCC(O)CC1=CC[C@@H]1[C@@H]2CC[C@]2(C)C(=CCO)CC[C@@H]12. The summed E-state index contributed by atoms with van der Waals surface area (Å²) in [6.45, 7) is 5.16. The first-order chi connectivity index (χ1) is 11.0. The molecule has 0 amide bonds. The summed E-state index contributed by atoms with van der Waals surface area (Å²) in [6, 6.07) is 0. The van der Waals surface area contributed by atoms with Crippen LogP contribution in [0.3, 0.4) is 0 Å². The Labute approximate surface area is 140 Å². The molecule has 0 aromatic rings. The zero-order valence-electron chi connectivity index (χ0n) is 14.7. The number of rotatable bonds is 1. The molecular formula is C21H32O2. The van der Waals surface area contributed by atoms with Crippen molar-refractivity contribution in [1.29, 1.82) is 0 Å². The molecule has 0 spiro atoms. The summed E-state index contributed by atoms with van der Waals surface area (Å²) in [6.07, 6.45) is 13.9. The van der Waals surface area contributed by atoms with E-state index < -0.39 is 0 Å². The van der Waals surface area contributed by atoms with E-state index >= 15 is 0 Å². The molecule has 0 aliphatic heterocycles. The molecule has 3 fully saturated rings. The number of aliphatic hydroxyl groups is 2. The Morgan fingerprint density at radius 2 is 1.87 bits per heavy atom. The summed E-state index contributed by atoms with van der Waals surface area (Å²) < 4.78 is 0. The van der Waals surface area contributed by atoms with Crippen LogP contribution in [-0.4, -0.2) is 22.9 Å². The quantitative estimate of drug-likeness (QED) is 0.711. The monoisotopic (exact) mass is 316 g/mol. The molecule has 0 bridgehead atoms. The molecule has 0 heterocycles. The van der Waals surface area contributed by atoms with Gasteiger partial charge >= 0.3 is 0 Å². The minimum atomic E-state index is -0.106. The fourth-order valence-corrected chi connectivity index (χ4v) is 6.94. The van der Waals surface area contributed by atoms with Gasteiger partial charge in [0.2, 0.25) is 0 Å². The maximum atomic E-state index is 10.1. The summed E-state index contributed by atoms with van der Waals surface area (Å²) in [5.41, 5.74) is 3.76. The van der Waals surface area contributed by atoms with Gasteiger partial charge in [-0.25, -0.2) is 0 Å². The zero-order valence-corrected chi connectivity index (χ0v) is 14.7. The lowest BCUT2D eigenvalue weighted by Gasteiger charge is -2.57. The van der Waals surface area contributed by atoms with Gasteiger partial charge in [0.1, 0.15) is 0 Å². The third-order valence-electron chi connectivity index (χ3n) is 8.26. The fourth-order valence-electron chi connectivity index (χ4n) is 6.94. The zero-order chi connectivity index (χ0) is 16.2. The minimum Gasteiger partial charge on any atom is -0.393 e. The Kier molecular flexibility index (Phi) is 3.77. The average molecular weight is 316 g/mol. The van der Waals surface area contributed by atoms with E-state index in [-0.39, 0.29) is 12.7 Å². The summed E-state index contributed by atoms with van der Waals surface area (Å²) in [7, 11) is 0. The first-order valence-electron chi connectivity index (χ1n) is 9.67. The Morgan fingerprint density at radius 1 is 1.13 bits per heavy atom. The van der Waals surface area contributed by atoms with Gasteiger partial charge in [0.25, 0.3) is 0 Å². The van der Waals surface area contributed by atoms with Crippen LogP contribution in [0.15, 0.2) is 23.3 Å². The number of allylic oxidation sites excluding steroid dienone is 2. The molecular weight excluding hydrogens is 284 g/mol. The van der Waals surface area contributed by atoms with Crippen molar-refractivity contribution < 1.29 is 10.2 Å². The van der Waals surface area contributed by atoms with Gasteiger partial charge in [0.05, 0.1) is 12.7 Å². The van der Waals surface area contributed by atoms with Crippen LogP contribution in [0.2, 0.25) is 0 Å². The first kappa shape index (κ1) is 15.9. The number of aliphatic hydroxyl groups excluding tert-OH is 2. The normalized spacial score (nSPS) is 51.0. The Balaban J connectivity index is 1.66. The molecule has 1 unspecified atom stereocenters. The van der Waals surface area contributed by atoms with E-state index in [9.17, 15) is 10.2 Å². The van der Waals surface area contributed by atoms with E-state index in [4.69, 9.17) is 0 Å². The molecule has 4 aliphatic carbocycles. The molecule has 0 aromatic heterocycles. The van der Waals surface area contributed by atoms with E-state index in [1.165, 1.54) is 44.1 Å². The van der Waals surface area contributed by atoms with Crippen molar-refractivity contribution in [3.05, 3.63) is 23.3 Å². The highest BCUT2D eigenvalue weighted by molar-refractivity contribution is 5.29. The fraction of sp³-hybridized carbons (Fsp3) is 0.810. The van der Waals surface area contributed by atoms with Gasteiger partial charge in [-0.15, -0.1) is 0 Å². The third kappa shape index (κ3) is 2.21. The second kappa shape index (κ2) is 5.46. The second-order valence-electron chi connectivity index (χ2n) is 9.06. The molecule has 4 rings (SSSR count). The van der Waals surface area contributed by atoms with Crippen molar-refractivity contribution in [1.82, 2.24) is 0 Å². The Hall–Kier alpha value is -0.600. The highest BCUT2D eigenvalue weighted by Gasteiger charge is 2.56. The molecule has 128 valence electrons. The highest BCUT2D eigenvalue weighted by atomic mass is 16.3. The molecule has 6 atom stereocenters.